The maximum absolute atomic E-state index is 12.0. The van der Waals surface area contributed by atoms with Crippen molar-refractivity contribution >= 4 is 11.9 Å². The van der Waals surface area contributed by atoms with Crippen molar-refractivity contribution in [1.29, 1.82) is 0 Å². The Kier molecular flexibility index (Phi) is 6.48. The van der Waals surface area contributed by atoms with Crippen molar-refractivity contribution in [3.05, 3.63) is 65.7 Å². The van der Waals surface area contributed by atoms with Crippen molar-refractivity contribution < 1.29 is 28.9 Å². The van der Waals surface area contributed by atoms with E-state index in [0.717, 1.165) is 5.56 Å². The van der Waals surface area contributed by atoms with Gasteiger partial charge in [0.25, 0.3) is 0 Å². The van der Waals surface area contributed by atoms with Gasteiger partial charge in [0.15, 0.2) is 6.29 Å². The standard InChI is InChI=1S/C18H18O6/c1-13(19)24-16-10-6-5-9-15(16)18(21)23-12-17(20)22-11-14-7-3-2-4-8-14/h2-10,17,20H,11-12H2,1H3. The largest absolute Gasteiger partial charge is 0.457 e. The van der Waals surface area contributed by atoms with Crippen LogP contribution in [-0.4, -0.2) is 29.9 Å². The summed E-state index contributed by atoms with van der Waals surface area (Å²) in [4.78, 5) is 23.1. The second-order valence-corrected chi connectivity index (χ2v) is 4.94. The number of aliphatic hydroxyl groups excluding tert-OH is 1. The molecule has 1 N–H and O–H groups in total. The summed E-state index contributed by atoms with van der Waals surface area (Å²) in [6, 6.07) is 15.5. The molecule has 0 aliphatic carbocycles. The fourth-order valence-corrected chi connectivity index (χ4v) is 1.92. The quantitative estimate of drug-likeness (QED) is 0.476. The molecule has 0 fully saturated rings. The van der Waals surface area contributed by atoms with Crippen LogP contribution >= 0.6 is 0 Å². The zero-order chi connectivity index (χ0) is 17.4. The van der Waals surface area contributed by atoms with Crippen molar-refractivity contribution in [3.8, 4) is 5.75 Å². The highest BCUT2D eigenvalue weighted by molar-refractivity contribution is 5.93. The molecule has 0 aliphatic heterocycles. The number of rotatable bonds is 7. The number of para-hydroxylation sites is 1. The SMILES string of the molecule is CC(=O)Oc1ccccc1C(=O)OCC(O)OCc1ccccc1. The van der Waals surface area contributed by atoms with Crippen LogP contribution in [0.25, 0.3) is 0 Å². The number of carbonyl (C=O) groups is 2. The smallest absolute Gasteiger partial charge is 0.342 e. The normalized spacial score (nSPS) is 11.6. The van der Waals surface area contributed by atoms with E-state index in [4.69, 9.17) is 14.2 Å². The number of hydrogen-bond acceptors (Lipinski definition) is 6. The molecule has 1 atom stereocenters. The second kappa shape index (κ2) is 8.81. The number of benzene rings is 2. The molecule has 0 bridgehead atoms. The van der Waals surface area contributed by atoms with Crippen LogP contribution in [0.15, 0.2) is 54.6 Å². The number of hydrogen-bond donors (Lipinski definition) is 1. The predicted molar refractivity (Wildman–Crippen MR) is 85.3 cm³/mol. The minimum Gasteiger partial charge on any atom is -0.457 e. The Labute approximate surface area is 139 Å². The van der Waals surface area contributed by atoms with Gasteiger partial charge >= 0.3 is 11.9 Å². The van der Waals surface area contributed by atoms with Gasteiger partial charge in [0.2, 0.25) is 0 Å². The third-order valence-corrected chi connectivity index (χ3v) is 3.00. The Balaban J connectivity index is 1.85. The predicted octanol–water partition coefficient (Wildman–Crippen LogP) is 2.30. The molecule has 0 spiro atoms. The summed E-state index contributed by atoms with van der Waals surface area (Å²) in [5.74, 6) is -1.15. The van der Waals surface area contributed by atoms with Crippen LogP contribution in [-0.2, 0) is 20.9 Å². The van der Waals surface area contributed by atoms with Crippen LogP contribution in [0.3, 0.4) is 0 Å². The second-order valence-electron chi connectivity index (χ2n) is 4.94. The third-order valence-electron chi connectivity index (χ3n) is 3.00. The molecule has 2 aromatic carbocycles. The molecular formula is C18H18O6. The van der Waals surface area contributed by atoms with E-state index in [1.807, 2.05) is 30.3 Å². The van der Waals surface area contributed by atoms with Crippen LogP contribution in [0, 0.1) is 0 Å². The van der Waals surface area contributed by atoms with E-state index in [1.165, 1.54) is 19.1 Å². The fraction of sp³-hybridized carbons (Fsp3) is 0.222. The van der Waals surface area contributed by atoms with E-state index in [-0.39, 0.29) is 24.5 Å². The lowest BCUT2D eigenvalue weighted by molar-refractivity contribution is -0.134. The summed E-state index contributed by atoms with van der Waals surface area (Å²) in [7, 11) is 0. The van der Waals surface area contributed by atoms with Gasteiger partial charge in [-0.2, -0.15) is 0 Å². The van der Waals surface area contributed by atoms with Gasteiger partial charge < -0.3 is 19.3 Å². The first-order valence-electron chi connectivity index (χ1n) is 7.34. The molecule has 0 aliphatic rings. The van der Waals surface area contributed by atoms with Crippen molar-refractivity contribution in [3.63, 3.8) is 0 Å². The van der Waals surface area contributed by atoms with Gasteiger partial charge in [-0.1, -0.05) is 42.5 Å². The fourth-order valence-electron chi connectivity index (χ4n) is 1.92. The monoisotopic (exact) mass is 330 g/mol. The number of carbonyl (C=O) groups excluding carboxylic acids is 2. The highest BCUT2D eigenvalue weighted by Gasteiger charge is 2.16. The maximum atomic E-state index is 12.0. The van der Waals surface area contributed by atoms with Gasteiger partial charge in [-0.15, -0.1) is 0 Å². The third kappa shape index (κ3) is 5.49. The van der Waals surface area contributed by atoms with Gasteiger partial charge in [0, 0.05) is 6.92 Å². The zero-order valence-electron chi connectivity index (χ0n) is 13.2. The average Bonchev–Trinajstić information content (AvgIpc) is 2.58. The first-order chi connectivity index (χ1) is 11.6. The van der Waals surface area contributed by atoms with Gasteiger partial charge in [-0.3, -0.25) is 4.79 Å². The maximum Gasteiger partial charge on any atom is 0.342 e. The summed E-state index contributed by atoms with van der Waals surface area (Å²) in [6.45, 7) is 1.10. The molecule has 126 valence electrons. The highest BCUT2D eigenvalue weighted by atomic mass is 16.6. The van der Waals surface area contributed by atoms with Crippen LogP contribution in [0.5, 0.6) is 5.75 Å². The van der Waals surface area contributed by atoms with Crippen molar-refractivity contribution in [2.75, 3.05) is 6.61 Å². The van der Waals surface area contributed by atoms with Crippen LogP contribution < -0.4 is 4.74 Å². The van der Waals surface area contributed by atoms with Crippen LogP contribution in [0.4, 0.5) is 0 Å². The molecule has 0 saturated carbocycles. The molecule has 0 aromatic heterocycles. The summed E-state index contributed by atoms with van der Waals surface area (Å²) < 4.78 is 15.1. The number of aliphatic hydroxyl groups is 1. The number of esters is 2. The van der Waals surface area contributed by atoms with Gasteiger partial charge in [0.05, 0.1) is 6.61 Å². The molecule has 6 nitrogen and oxygen atoms in total. The Morgan fingerprint density at radius 1 is 1.04 bits per heavy atom. The molecule has 0 radical (unpaired) electrons. The Hall–Kier alpha value is -2.70. The van der Waals surface area contributed by atoms with E-state index in [9.17, 15) is 14.7 Å². The molecule has 2 rings (SSSR count). The lowest BCUT2D eigenvalue weighted by Gasteiger charge is -2.13. The average molecular weight is 330 g/mol. The molecule has 2 aromatic rings. The Bertz CT molecular complexity index is 683. The van der Waals surface area contributed by atoms with Crippen LogP contribution in [0.1, 0.15) is 22.8 Å². The lowest BCUT2D eigenvalue weighted by atomic mass is 10.2. The molecule has 1 unspecified atom stereocenters. The van der Waals surface area contributed by atoms with Gasteiger partial charge in [0.1, 0.15) is 17.9 Å². The molecular weight excluding hydrogens is 312 g/mol. The zero-order valence-corrected chi connectivity index (χ0v) is 13.2. The van der Waals surface area contributed by atoms with E-state index in [2.05, 4.69) is 0 Å². The summed E-state index contributed by atoms with van der Waals surface area (Å²) in [6.07, 6.45) is -1.25. The van der Waals surface area contributed by atoms with Crippen molar-refractivity contribution in [2.24, 2.45) is 0 Å². The van der Waals surface area contributed by atoms with Crippen molar-refractivity contribution in [2.45, 2.75) is 19.8 Å². The van der Waals surface area contributed by atoms with E-state index >= 15 is 0 Å². The first kappa shape index (κ1) is 17.7. The topological polar surface area (TPSA) is 82.1 Å². The lowest BCUT2D eigenvalue weighted by Crippen LogP contribution is -2.22. The van der Waals surface area contributed by atoms with Crippen molar-refractivity contribution in [1.82, 2.24) is 0 Å². The summed E-state index contributed by atoms with van der Waals surface area (Å²) in [5.41, 5.74) is 0.992. The first-order valence-corrected chi connectivity index (χ1v) is 7.34. The Morgan fingerprint density at radius 2 is 1.71 bits per heavy atom. The van der Waals surface area contributed by atoms with E-state index in [0.29, 0.717) is 0 Å². The van der Waals surface area contributed by atoms with Crippen LogP contribution in [0.2, 0.25) is 0 Å². The summed E-state index contributed by atoms with van der Waals surface area (Å²) >= 11 is 0. The summed E-state index contributed by atoms with van der Waals surface area (Å²) in [5, 5.41) is 9.74. The Morgan fingerprint density at radius 3 is 2.42 bits per heavy atom. The van der Waals surface area contributed by atoms with Gasteiger partial charge in [-0.05, 0) is 17.7 Å². The number of ether oxygens (including phenoxy) is 3. The minimum absolute atomic E-state index is 0.1000. The molecule has 24 heavy (non-hydrogen) atoms. The molecule has 6 heteroatoms. The van der Waals surface area contributed by atoms with Gasteiger partial charge in [-0.25, -0.2) is 4.79 Å². The molecule has 0 heterocycles. The molecule has 0 amide bonds. The van der Waals surface area contributed by atoms with E-state index < -0.39 is 18.2 Å². The highest BCUT2D eigenvalue weighted by Crippen LogP contribution is 2.19. The molecule has 0 saturated heterocycles. The minimum atomic E-state index is -1.25. The van der Waals surface area contributed by atoms with E-state index in [1.54, 1.807) is 12.1 Å².